The van der Waals surface area contributed by atoms with Gasteiger partial charge in [-0.25, -0.2) is 9.97 Å². The van der Waals surface area contributed by atoms with Gasteiger partial charge in [0.15, 0.2) is 0 Å². The molecule has 0 radical (unpaired) electrons. The Morgan fingerprint density at radius 2 is 2.21 bits per heavy atom. The van der Waals surface area contributed by atoms with Gasteiger partial charge < -0.3 is 5.32 Å². The molecule has 1 atom stereocenters. The first-order valence-electron chi connectivity index (χ1n) is 5.46. The fourth-order valence-electron chi connectivity index (χ4n) is 1.52. The highest BCUT2D eigenvalue weighted by molar-refractivity contribution is 7.09. The highest BCUT2D eigenvalue weighted by Gasteiger charge is 2.14. The summed E-state index contributed by atoms with van der Waals surface area (Å²) in [5.41, 5.74) is 0.851. The number of anilines is 1. The van der Waals surface area contributed by atoms with Crippen LogP contribution in [-0.2, 0) is 0 Å². The van der Waals surface area contributed by atoms with Crippen LogP contribution in [0.4, 0.5) is 11.5 Å². The molecule has 0 saturated carbocycles. The van der Waals surface area contributed by atoms with Crippen molar-refractivity contribution < 1.29 is 4.92 Å². The molecule has 8 heteroatoms. The van der Waals surface area contributed by atoms with Gasteiger partial charge in [-0.3, -0.25) is 10.1 Å². The molecule has 0 saturated heterocycles. The lowest BCUT2D eigenvalue weighted by Gasteiger charge is -2.11. The summed E-state index contributed by atoms with van der Waals surface area (Å²) in [5.74, 6) is 0.361. The van der Waals surface area contributed by atoms with Crippen LogP contribution in [0.15, 0.2) is 17.5 Å². The minimum atomic E-state index is -0.503. The third-order valence-corrected chi connectivity index (χ3v) is 3.70. The summed E-state index contributed by atoms with van der Waals surface area (Å²) in [6.07, 6.45) is 0. The summed E-state index contributed by atoms with van der Waals surface area (Å²) in [6.45, 7) is 3.82. The van der Waals surface area contributed by atoms with E-state index in [1.165, 1.54) is 23.5 Å². The number of aryl methyl sites for hydroxylation is 1. The third kappa shape index (κ3) is 3.39. The number of nitro groups is 1. The van der Waals surface area contributed by atoms with Crippen LogP contribution in [0.5, 0.6) is 0 Å². The molecule has 0 amide bonds. The highest BCUT2D eigenvalue weighted by Crippen LogP contribution is 2.25. The van der Waals surface area contributed by atoms with Crippen LogP contribution in [0.25, 0.3) is 0 Å². The van der Waals surface area contributed by atoms with Gasteiger partial charge in [0.25, 0.3) is 5.69 Å². The van der Waals surface area contributed by atoms with Crippen molar-refractivity contribution in [1.82, 2.24) is 9.97 Å². The normalized spacial score (nSPS) is 12.2. The van der Waals surface area contributed by atoms with Crippen molar-refractivity contribution in [3.05, 3.63) is 43.5 Å². The van der Waals surface area contributed by atoms with Gasteiger partial charge in [-0.2, -0.15) is 0 Å². The Morgan fingerprint density at radius 3 is 2.79 bits per heavy atom. The second-order valence-electron chi connectivity index (χ2n) is 3.98. The molecule has 0 aromatic carbocycles. The number of hydrogen-bond acceptors (Lipinski definition) is 6. The number of hydrogen-bond donors (Lipinski definition) is 1. The Kier molecular flexibility index (Phi) is 3.96. The van der Waals surface area contributed by atoms with Crippen LogP contribution >= 0.6 is 22.9 Å². The number of nitrogens with one attached hydrogen (secondary N) is 1. The fourth-order valence-corrected chi connectivity index (χ4v) is 2.52. The highest BCUT2D eigenvalue weighted by atomic mass is 35.5. The number of rotatable bonds is 4. The maximum absolute atomic E-state index is 10.7. The minimum Gasteiger partial charge on any atom is -0.361 e. The summed E-state index contributed by atoms with van der Waals surface area (Å²) < 4.78 is 0. The predicted molar refractivity (Wildman–Crippen MR) is 74.8 cm³/mol. The first-order valence-corrected chi connectivity index (χ1v) is 6.72. The summed E-state index contributed by atoms with van der Waals surface area (Å²) in [7, 11) is 0. The van der Waals surface area contributed by atoms with E-state index in [1.807, 2.05) is 19.2 Å². The molecule has 0 aliphatic rings. The Balaban J connectivity index is 2.21. The first-order chi connectivity index (χ1) is 8.95. The van der Waals surface area contributed by atoms with Crippen LogP contribution in [0.1, 0.15) is 23.7 Å². The third-order valence-electron chi connectivity index (χ3n) is 2.36. The molecular weight excluding hydrogens is 288 g/mol. The quantitative estimate of drug-likeness (QED) is 0.530. The molecule has 19 heavy (non-hydrogen) atoms. The standard InChI is InChI=1S/C11H11ClN4O2S/c1-6-5-19-11(13-6)7(2)14-10-4-8(16(17)18)3-9(12)15-10/h3-5,7H,1-2H3,(H,14,15). The summed E-state index contributed by atoms with van der Waals surface area (Å²) in [4.78, 5) is 18.6. The molecule has 0 bridgehead atoms. The first kappa shape index (κ1) is 13.7. The van der Waals surface area contributed by atoms with Crippen LogP contribution in [-0.4, -0.2) is 14.9 Å². The van der Waals surface area contributed by atoms with Gasteiger partial charge in [0.05, 0.1) is 23.1 Å². The van der Waals surface area contributed by atoms with Crippen molar-refractivity contribution in [2.45, 2.75) is 19.9 Å². The molecule has 2 rings (SSSR count). The second-order valence-corrected chi connectivity index (χ2v) is 5.26. The summed E-state index contributed by atoms with van der Waals surface area (Å²) >= 11 is 7.28. The molecule has 100 valence electrons. The van der Waals surface area contributed by atoms with Crippen LogP contribution in [0.2, 0.25) is 5.15 Å². The fraction of sp³-hybridized carbons (Fsp3) is 0.273. The predicted octanol–water partition coefficient (Wildman–Crippen LogP) is 3.58. The molecule has 0 aliphatic heterocycles. The average molecular weight is 299 g/mol. The molecule has 1 unspecified atom stereocenters. The lowest BCUT2D eigenvalue weighted by molar-refractivity contribution is -0.384. The SMILES string of the molecule is Cc1csc(C(C)Nc2cc([N+](=O)[O-])cc(Cl)n2)n1. The molecule has 0 aliphatic carbocycles. The van der Waals surface area contributed by atoms with Gasteiger partial charge in [0.1, 0.15) is 16.0 Å². The Bertz CT molecular complexity index is 616. The zero-order valence-corrected chi connectivity index (χ0v) is 11.8. The van der Waals surface area contributed by atoms with Crippen LogP contribution in [0.3, 0.4) is 0 Å². The summed E-state index contributed by atoms with van der Waals surface area (Å²) in [6, 6.07) is 2.47. The van der Waals surface area contributed by atoms with Gasteiger partial charge in [0.2, 0.25) is 0 Å². The van der Waals surface area contributed by atoms with Crippen molar-refractivity contribution in [3.8, 4) is 0 Å². The number of aromatic nitrogens is 2. The van der Waals surface area contributed by atoms with Crippen LogP contribution in [0, 0.1) is 17.0 Å². The Hall–Kier alpha value is -1.73. The number of pyridine rings is 1. The van der Waals surface area contributed by atoms with E-state index < -0.39 is 4.92 Å². The lowest BCUT2D eigenvalue weighted by atomic mass is 10.3. The van der Waals surface area contributed by atoms with E-state index in [9.17, 15) is 10.1 Å². The lowest BCUT2D eigenvalue weighted by Crippen LogP contribution is -2.08. The van der Waals surface area contributed by atoms with Crippen molar-refractivity contribution in [1.29, 1.82) is 0 Å². The van der Waals surface area contributed by atoms with E-state index in [1.54, 1.807) is 0 Å². The number of nitrogens with zero attached hydrogens (tertiary/aromatic N) is 3. The topological polar surface area (TPSA) is 81.0 Å². The molecule has 2 aromatic heterocycles. The number of halogens is 1. The molecule has 6 nitrogen and oxygen atoms in total. The molecule has 2 heterocycles. The van der Waals surface area contributed by atoms with Crippen molar-refractivity contribution in [2.24, 2.45) is 0 Å². The van der Waals surface area contributed by atoms with Crippen LogP contribution < -0.4 is 5.32 Å². The minimum absolute atomic E-state index is 0.0826. The second kappa shape index (κ2) is 5.50. The van der Waals surface area contributed by atoms with Gasteiger partial charge >= 0.3 is 0 Å². The Labute approximate surface area is 118 Å². The summed E-state index contributed by atoms with van der Waals surface area (Å²) in [5, 5.41) is 16.7. The van der Waals surface area contributed by atoms with E-state index in [0.29, 0.717) is 5.82 Å². The van der Waals surface area contributed by atoms with E-state index in [2.05, 4.69) is 15.3 Å². The van der Waals surface area contributed by atoms with Gasteiger partial charge in [-0.1, -0.05) is 11.6 Å². The van der Waals surface area contributed by atoms with Gasteiger partial charge in [-0.05, 0) is 13.8 Å². The smallest absolute Gasteiger partial charge is 0.276 e. The Morgan fingerprint density at radius 1 is 1.47 bits per heavy atom. The largest absolute Gasteiger partial charge is 0.361 e. The van der Waals surface area contributed by atoms with Crippen molar-refractivity contribution >= 4 is 34.4 Å². The number of thiazole rings is 1. The molecular formula is C11H11ClN4O2S. The van der Waals surface area contributed by atoms with Gasteiger partial charge in [-0.15, -0.1) is 11.3 Å². The molecule has 0 fully saturated rings. The zero-order chi connectivity index (χ0) is 14.0. The molecule has 0 spiro atoms. The molecule has 1 N–H and O–H groups in total. The van der Waals surface area contributed by atoms with Crippen molar-refractivity contribution in [2.75, 3.05) is 5.32 Å². The van der Waals surface area contributed by atoms with E-state index in [0.717, 1.165) is 10.7 Å². The molecule has 2 aromatic rings. The van der Waals surface area contributed by atoms with Crippen molar-refractivity contribution in [3.63, 3.8) is 0 Å². The zero-order valence-electron chi connectivity index (χ0n) is 10.3. The van der Waals surface area contributed by atoms with Gasteiger partial charge in [0, 0.05) is 11.1 Å². The van der Waals surface area contributed by atoms with E-state index in [-0.39, 0.29) is 16.9 Å². The monoisotopic (exact) mass is 298 g/mol. The van der Waals surface area contributed by atoms with E-state index in [4.69, 9.17) is 11.6 Å². The average Bonchev–Trinajstić information content (AvgIpc) is 2.75. The maximum atomic E-state index is 10.7. The maximum Gasteiger partial charge on any atom is 0.276 e. The van der Waals surface area contributed by atoms with E-state index >= 15 is 0 Å².